The standard InChI is InChI=1S/C18H14N4O4S/c1-9-7-14(22-16(23)13-3-2-6-26-13)27-15(9)17(24)19-10-4-5-11-12(8-10)21-18(25)20-11/h2-8H,1H3,(H,19,24)(H,22,23)(H2,20,21,25). The zero-order chi connectivity index (χ0) is 19.0. The number of benzene rings is 1. The third-order valence-corrected chi connectivity index (χ3v) is 5.03. The second-order valence-electron chi connectivity index (χ2n) is 5.85. The molecule has 0 aliphatic heterocycles. The highest BCUT2D eigenvalue weighted by Gasteiger charge is 2.17. The van der Waals surface area contributed by atoms with Gasteiger partial charge in [-0.15, -0.1) is 11.3 Å². The predicted molar refractivity (Wildman–Crippen MR) is 103 cm³/mol. The molecule has 27 heavy (non-hydrogen) atoms. The molecule has 0 aliphatic carbocycles. The number of rotatable bonds is 4. The van der Waals surface area contributed by atoms with Crippen LogP contribution in [0.5, 0.6) is 0 Å². The molecule has 0 unspecified atom stereocenters. The van der Waals surface area contributed by atoms with Crippen molar-refractivity contribution in [3.05, 3.63) is 69.3 Å². The van der Waals surface area contributed by atoms with Crippen LogP contribution >= 0.6 is 11.3 Å². The van der Waals surface area contributed by atoms with Crippen molar-refractivity contribution in [1.29, 1.82) is 0 Å². The van der Waals surface area contributed by atoms with Gasteiger partial charge in [0, 0.05) is 5.69 Å². The minimum Gasteiger partial charge on any atom is -0.459 e. The van der Waals surface area contributed by atoms with Gasteiger partial charge in [-0.1, -0.05) is 0 Å². The number of aromatic amines is 2. The van der Waals surface area contributed by atoms with E-state index < -0.39 is 0 Å². The molecule has 0 fully saturated rings. The Hall–Kier alpha value is -3.59. The molecule has 4 aromatic rings. The van der Waals surface area contributed by atoms with Crippen LogP contribution < -0.4 is 16.3 Å². The van der Waals surface area contributed by atoms with Crippen molar-refractivity contribution in [2.45, 2.75) is 6.92 Å². The van der Waals surface area contributed by atoms with Crippen molar-refractivity contribution in [1.82, 2.24) is 9.97 Å². The summed E-state index contributed by atoms with van der Waals surface area (Å²) in [5.74, 6) is -0.482. The van der Waals surface area contributed by atoms with E-state index >= 15 is 0 Å². The summed E-state index contributed by atoms with van der Waals surface area (Å²) in [6.07, 6.45) is 1.42. The lowest BCUT2D eigenvalue weighted by Gasteiger charge is -2.04. The number of carbonyl (C=O) groups excluding carboxylic acids is 2. The first-order valence-electron chi connectivity index (χ1n) is 7.98. The number of aromatic nitrogens is 2. The number of anilines is 2. The van der Waals surface area contributed by atoms with Gasteiger partial charge in [-0.05, 0) is 48.9 Å². The Kier molecular flexibility index (Phi) is 4.13. The number of aryl methyl sites for hydroxylation is 1. The topological polar surface area (TPSA) is 120 Å². The summed E-state index contributed by atoms with van der Waals surface area (Å²) in [7, 11) is 0. The lowest BCUT2D eigenvalue weighted by molar-refractivity contribution is 0.0995. The summed E-state index contributed by atoms with van der Waals surface area (Å²) >= 11 is 1.17. The van der Waals surface area contributed by atoms with E-state index in [9.17, 15) is 14.4 Å². The molecule has 0 bridgehead atoms. The minimum atomic E-state index is -0.380. The van der Waals surface area contributed by atoms with E-state index in [0.29, 0.717) is 26.6 Å². The Morgan fingerprint density at radius 1 is 1.04 bits per heavy atom. The normalized spacial score (nSPS) is 10.9. The van der Waals surface area contributed by atoms with E-state index in [0.717, 1.165) is 5.56 Å². The lowest BCUT2D eigenvalue weighted by Crippen LogP contribution is -2.11. The molecule has 0 radical (unpaired) electrons. The van der Waals surface area contributed by atoms with Gasteiger partial charge in [0.1, 0.15) is 0 Å². The first-order chi connectivity index (χ1) is 13.0. The largest absolute Gasteiger partial charge is 0.459 e. The van der Waals surface area contributed by atoms with E-state index in [1.165, 1.54) is 17.6 Å². The quantitative estimate of drug-likeness (QED) is 0.433. The van der Waals surface area contributed by atoms with Crippen molar-refractivity contribution in [3.8, 4) is 0 Å². The maximum absolute atomic E-state index is 12.6. The van der Waals surface area contributed by atoms with Crippen LogP contribution in [0, 0.1) is 6.92 Å². The van der Waals surface area contributed by atoms with Gasteiger partial charge in [-0.2, -0.15) is 0 Å². The summed E-state index contributed by atoms with van der Waals surface area (Å²) < 4.78 is 5.05. The summed E-state index contributed by atoms with van der Waals surface area (Å²) in [6, 6.07) is 10.00. The number of nitrogens with one attached hydrogen (secondary N) is 4. The van der Waals surface area contributed by atoms with Crippen molar-refractivity contribution in [2.24, 2.45) is 0 Å². The molecule has 0 saturated carbocycles. The Balaban J connectivity index is 1.52. The summed E-state index contributed by atoms with van der Waals surface area (Å²) in [4.78, 5) is 41.7. The number of hydrogen-bond donors (Lipinski definition) is 4. The van der Waals surface area contributed by atoms with Crippen LogP contribution in [0.15, 0.2) is 51.9 Å². The van der Waals surface area contributed by atoms with Crippen LogP contribution in [-0.2, 0) is 0 Å². The molecule has 9 heteroatoms. The van der Waals surface area contributed by atoms with Crippen LogP contribution in [-0.4, -0.2) is 21.8 Å². The number of carbonyl (C=O) groups is 2. The van der Waals surface area contributed by atoms with E-state index in [-0.39, 0.29) is 23.3 Å². The third kappa shape index (κ3) is 3.40. The number of fused-ring (bicyclic) bond motifs is 1. The van der Waals surface area contributed by atoms with Gasteiger partial charge in [0.15, 0.2) is 5.76 Å². The van der Waals surface area contributed by atoms with Gasteiger partial charge in [0.25, 0.3) is 11.8 Å². The smallest absolute Gasteiger partial charge is 0.323 e. The highest BCUT2D eigenvalue weighted by Crippen LogP contribution is 2.28. The predicted octanol–water partition coefficient (Wildman–Crippen LogP) is 3.32. The van der Waals surface area contributed by atoms with Gasteiger partial charge in [-0.25, -0.2) is 4.79 Å². The molecule has 136 valence electrons. The summed E-state index contributed by atoms with van der Waals surface area (Å²) in [6.45, 7) is 1.79. The Labute approximate surface area is 156 Å². The highest BCUT2D eigenvalue weighted by atomic mass is 32.1. The zero-order valence-corrected chi connectivity index (χ0v) is 14.9. The molecule has 0 atom stereocenters. The van der Waals surface area contributed by atoms with Gasteiger partial charge >= 0.3 is 5.69 Å². The molecule has 0 aliphatic rings. The molecular weight excluding hydrogens is 368 g/mol. The monoisotopic (exact) mass is 382 g/mol. The van der Waals surface area contributed by atoms with Gasteiger partial charge in [-0.3, -0.25) is 9.59 Å². The first kappa shape index (κ1) is 16.9. The average Bonchev–Trinajstić information content (AvgIpc) is 3.33. The SMILES string of the molecule is Cc1cc(NC(=O)c2ccco2)sc1C(=O)Nc1ccc2[nH]c(=O)[nH]c2c1. The van der Waals surface area contributed by atoms with Crippen LogP contribution in [0.2, 0.25) is 0 Å². The van der Waals surface area contributed by atoms with Gasteiger partial charge < -0.3 is 25.0 Å². The molecule has 1 aromatic carbocycles. The number of H-pyrrole nitrogens is 2. The lowest BCUT2D eigenvalue weighted by atomic mass is 10.2. The maximum atomic E-state index is 12.6. The fourth-order valence-corrected chi connectivity index (χ4v) is 3.61. The minimum absolute atomic E-state index is 0.195. The van der Waals surface area contributed by atoms with Crippen molar-refractivity contribution >= 4 is 44.9 Å². The van der Waals surface area contributed by atoms with E-state index in [2.05, 4.69) is 20.6 Å². The van der Waals surface area contributed by atoms with E-state index in [1.54, 1.807) is 43.3 Å². The van der Waals surface area contributed by atoms with Gasteiger partial charge in [0.2, 0.25) is 0 Å². The number of furan rings is 1. The second kappa shape index (κ2) is 6.61. The number of amides is 2. The zero-order valence-electron chi connectivity index (χ0n) is 14.1. The molecular formula is C18H14N4O4S. The number of imidazole rings is 1. The highest BCUT2D eigenvalue weighted by molar-refractivity contribution is 7.18. The summed E-state index contributed by atoms with van der Waals surface area (Å²) in [5.41, 5.74) is 2.25. The molecule has 4 N–H and O–H groups in total. The van der Waals surface area contributed by atoms with E-state index in [4.69, 9.17) is 4.42 Å². The maximum Gasteiger partial charge on any atom is 0.323 e. The van der Waals surface area contributed by atoms with Crippen LogP contribution in [0.25, 0.3) is 11.0 Å². The fraction of sp³-hybridized carbons (Fsp3) is 0.0556. The molecule has 0 saturated heterocycles. The van der Waals surface area contributed by atoms with E-state index in [1.807, 2.05) is 0 Å². The number of thiophene rings is 1. The fourth-order valence-electron chi connectivity index (χ4n) is 2.65. The molecule has 4 rings (SSSR count). The molecule has 0 spiro atoms. The Bertz CT molecular complexity index is 1200. The van der Waals surface area contributed by atoms with Crippen LogP contribution in [0.1, 0.15) is 25.8 Å². The molecule has 3 aromatic heterocycles. The van der Waals surface area contributed by atoms with Gasteiger partial charge in [0.05, 0.1) is 27.2 Å². The van der Waals surface area contributed by atoms with Crippen molar-refractivity contribution in [2.75, 3.05) is 10.6 Å². The number of hydrogen-bond acceptors (Lipinski definition) is 5. The second-order valence-corrected chi connectivity index (χ2v) is 6.90. The average molecular weight is 382 g/mol. The Morgan fingerprint density at radius 3 is 2.63 bits per heavy atom. The molecule has 3 heterocycles. The third-order valence-electron chi connectivity index (χ3n) is 3.88. The van der Waals surface area contributed by atoms with Crippen LogP contribution in [0.3, 0.4) is 0 Å². The van der Waals surface area contributed by atoms with Crippen molar-refractivity contribution < 1.29 is 14.0 Å². The van der Waals surface area contributed by atoms with Crippen molar-refractivity contribution in [3.63, 3.8) is 0 Å². The molecule has 8 nitrogen and oxygen atoms in total. The Morgan fingerprint density at radius 2 is 1.85 bits per heavy atom. The molecule has 2 amide bonds. The first-order valence-corrected chi connectivity index (χ1v) is 8.80. The summed E-state index contributed by atoms with van der Waals surface area (Å²) in [5, 5.41) is 6.06. The van der Waals surface area contributed by atoms with Crippen LogP contribution in [0.4, 0.5) is 10.7 Å².